The number of hydrogen-bond acceptors (Lipinski definition) is 2. The third-order valence-electron chi connectivity index (χ3n) is 5.30. The Labute approximate surface area is 124 Å². The van der Waals surface area contributed by atoms with E-state index in [9.17, 15) is 0 Å². The van der Waals surface area contributed by atoms with Crippen molar-refractivity contribution in [3.63, 3.8) is 0 Å². The fourth-order valence-electron chi connectivity index (χ4n) is 4.38. The summed E-state index contributed by atoms with van der Waals surface area (Å²) in [5.41, 5.74) is 10.7. The molecule has 2 heteroatoms. The van der Waals surface area contributed by atoms with Crippen LogP contribution in [-0.2, 0) is 0 Å². The zero-order valence-corrected chi connectivity index (χ0v) is 14.0. The maximum atomic E-state index is 6.26. The summed E-state index contributed by atoms with van der Waals surface area (Å²) >= 11 is 0. The fourth-order valence-corrected chi connectivity index (χ4v) is 4.38. The third kappa shape index (κ3) is 2.46. The standard InChI is InChI=1S/C18H30N2/c1-13-7-8-16(14(2)9-13)20(6)18(12-19)11-17(4,5)10-15(18)3/h7-9,15H,10-12,19H2,1-6H3. The van der Waals surface area contributed by atoms with Crippen LogP contribution in [0.15, 0.2) is 18.2 Å². The van der Waals surface area contributed by atoms with E-state index in [4.69, 9.17) is 5.73 Å². The smallest absolute Gasteiger partial charge is 0.0551 e. The Bertz CT molecular complexity index is 492. The minimum atomic E-state index is 0.0868. The molecule has 0 heterocycles. The number of nitrogens with zero attached hydrogens (tertiary/aromatic N) is 1. The number of nitrogens with two attached hydrogens (primary N) is 1. The predicted molar refractivity (Wildman–Crippen MR) is 88.3 cm³/mol. The molecule has 1 saturated carbocycles. The molecule has 2 nitrogen and oxygen atoms in total. The molecule has 0 aromatic heterocycles. The Morgan fingerprint density at radius 1 is 1.30 bits per heavy atom. The van der Waals surface area contributed by atoms with E-state index in [-0.39, 0.29) is 5.54 Å². The van der Waals surface area contributed by atoms with Crippen molar-refractivity contribution in [2.45, 2.75) is 53.0 Å². The Balaban J connectivity index is 2.41. The van der Waals surface area contributed by atoms with E-state index in [1.165, 1.54) is 29.7 Å². The molecule has 2 N–H and O–H groups in total. The van der Waals surface area contributed by atoms with Gasteiger partial charge in [0.1, 0.15) is 0 Å². The molecule has 0 spiro atoms. The van der Waals surface area contributed by atoms with Gasteiger partial charge in [-0.15, -0.1) is 0 Å². The highest BCUT2D eigenvalue weighted by molar-refractivity contribution is 5.56. The van der Waals surface area contributed by atoms with Crippen molar-refractivity contribution in [1.29, 1.82) is 0 Å². The Morgan fingerprint density at radius 3 is 2.40 bits per heavy atom. The molecule has 112 valence electrons. The van der Waals surface area contributed by atoms with Gasteiger partial charge in [-0.1, -0.05) is 38.5 Å². The first-order valence-corrected chi connectivity index (χ1v) is 7.73. The number of aryl methyl sites for hydroxylation is 2. The summed E-state index contributed by atoms with van der Waals surface area (Å²) in [6, 6.07) is 6.72. The normalized spacial score (nSPS) is 28.6. The van der Waals surface area contributed by atoms with Gasteiger partial charge in [-0.25, -0.2) is 0 Å². The summed E-state index contributed by atoms with van der Waals surface area (Å²) in [5.74, 6) is 0.619. The zero-order chi connectivity index (χ0) is 15.1. The van der Waals surface area contributed by atoms with Gasteiger partial charge in [0.05, 0.1) is 5.54 Å². The van der Waals surface area contributed by atoms with Gasteiger partial charge >= 0.3 is 0 Å². The molecule has 0 saturated heterocycles. The highest BCUT2D eigenvalue weighted by Gasteiger charge is 2.50. The van der Waals surface area contributed by atoms with Crippen molar-refractivity contribution in [2.75, 3.05) is 18.5 Å². The first kappa shape index (κ1) is 15.4. The SMILES string of the molecule is Cc1ccc(N(C)C2(CN)CC(C)(C)CC2C)c(C)c1. The van der Waals surface area contributed by atoms with Crippen molar-refractivity contribution >= 4 is 5.69 Å². The largest absolute Gasteiger partial charge is 0.367 e. The van der Waals surface area contributed by atoms with Crippen LogP contribution in [-0.4, -0.2) is 19.1 Å². The van der Waals surface area contributed by atoms with E-state index in [0.717, 1.165) is 6.54 Å². The minimum Gasteiger partial charge on any atom is -0.367 e. The van der Waals surface area contributed by atoms with Crippen LogP contribution in [0.4, 0.5) is 5.69 Å². The minimum absolute atomic E-state index is 0.0868. The molecule has 20 heavy (non-hydrogen) atoms. The number of rotatable bonds is 3. The van der Waals surface area contributed by atoms with E-state index < -0.39 is 0 Å². The second kappa shape index (κ2) is 5.07. The first-order chi connectivity index (χ1) is 9.22. The van der Waals surface area contributed by atoms with Crippen LogP contribution in [0.2, 0.25) is 0 Å². The average molecular weight is 274 g/mol. The van der Waals surface area contributed by atoms with E-state index in [1.54, 1.807) is 0 Å². The van der Waals surface area contributed by atoms with Crippen molar-refractivity contribution in [3.05, 3.63) is 29.3 Å². The quantitative estimate of drug-likeness (QED) is 0.906. The van der Waals surface area contributed by atoms with Crippen molar-refractivity contribution in [1.82, 2.24) is 0 Å². The summed E-state index contributed by atoms with van der Waals surface area (Å²) in [7, 11) is 2.22. The Kier molecular flexibility index (Phi) is 3.90. The monoisotopic (exact) mass is 274 g/mol. The second-order valence-corrected chi connectivity index (χ2v) is 7.60. The maximum Gasteiger partial charge on any atom is 0.0551 e. The lowest BCUT2D eigenvalue weighted by Crippen LogP contribution is -2.55. The number of anilines is 1. The van der Waals surface area contributed by atoms with Gasteiger partial charge in [0.25, 0.3) is 0 Å². The Hall–Kier alpha value is -1.02. The first-order valence-electron chi connectivity index (χ1n) is 7.73. The van der Waals surface area contributed by atoms with Crippen LogP contribution in [0.1, 0.15) is 44.7 Å². The van der Waals surface area contributed by atoms with E-state index in [0.29, 0.717) is 11.3 Å². The van der Waals surface area contributed by atoms with Crippen LogP contribution >= 0.6 is 0 Å². The molecule has 0 radical (unpaired) electrons. The average Bonchev–Trinajstić information content (AvgIpc) is 2.58. The highest BCUT2D eigenvalue weighted by Crippen LogP contribution is 2.50. The van der Waals surface area contributed by atoms with Gasteiger partial charge in [0, 0.05) is 19.3 Å². The molecular weight excluding hydrogens is 244 g/mol. The van der Waals surface area contributed by atoms with E-state index >= 15 is 0 Å². The lowest BCUT2D eigenvalue weighted by atomic mass is 9.84. The zero-order valence-electron chi connectivity index (χ0n) is 14.0. The molecule has 1 aromatic rings. The number of likely N-dealkylation sites (N-methyl/N-ethyl adjacent to an activating group) is 1. The second-order valence-electron chi connectivity index (χ2n) is 7.60. The van der Waals surface area contributed by atoms with Gasteiger partial charge < -0.3 is 10.6 Å². The van der Waals surface area contributed by atoms with Crippen LogP contribution in [0.25, 0.3) is 0 Å². The molecule has 0 aliphatic heterocycles. The Morgan fingerprint density at radius 2 is 1.95 bits per heavy atom. The number of benzene rings is 1. The topological polar surface area (TPSA) is 29.3 Å². The summed E-state index contributed by atoms with van der Waals surface area (Å²) in [5, 5.41) is 0. The van der Waals surface area contributed by atoms with Crippen molar-refractivity contribution in [2.24, 2.45) is 17.1 Å². The van der Waals surface area contributed by atoms with Gasteiger partial charge in [-0.2, -0.15) is 0 Å². The number of hydrogen-bond donors (Lipinski definition) is 1. The van der Waals surface area contributed by atoms with Gasteiger partial charge in [0.15, 0.2) is 0 Å². The summed E-state index contributed by atoms with van der Waals surface area (Å²) in [4.78, 5) is 2.46. The van der Waals surface area contributed by atoms with E-state index in [1.807, 2.05) is 0 Å². The molecular formula is C18H30N2. The fraction of sp³-hybridized carbons (Fsp3) is 0.667. The molecule has 1 aliphatic carbocycles. The highest BCUT2D eigenvalue weighted by atomic mass is 15.2. The summed E-state index contributed by atoms with van der Waals surface area (Å²) in [6.07, 6.45) is 2.42. The molecule has 1 aromatic carbocycles. The van der Waals surface area contributed by atoms with Crippen LogP contribution < -0.4 is 10.6 Å². The molecule has 1 fully saturated rings. The summed E-state index contributed by atoms with van der Waals surface area (Å²) in [6.45, 7) is 12.2. The molecule has 0 bridgehead atoms. The lowest BCUT2D eigenvalue weighted by molar-refractivity contribution is 0.316. The molecule has 2 unspecified atom stereocenters. The lowest BCUT2D eigenvalue weighted by Gasteiger charge is -2.44. The van der Waals surface area contributed by atoms with Crippen LogP contribution in [0.5, 0.6) is 0 Å². The van der Waals surface area contributed by atoms with Gasteiger partial charge in [-0.3, -0.25) is 0 Å². The van der Waals surface area contributed by atoms with Crippen LogP contribution in [0, 0.1) is 25.2 Å². The molecule has 2 rings (SSSR count). The maximum absolute atomic E-state index is 6.26. The van der Waals surface area contributed by atoms with Gasteiger partial charge in [-0.05, 0) is 49.7 Å². The van der Waals surface area contributed by atoms with Crippen molar-refractivity contribution < 1.29 is 0 Å². The van der Waals surface area contributed by atoms with E-state index in [2.05, 4.69) is 64.8 Å². The molecule has 1 aliphatic rings. The third-order valence-corrected chi connectivity index (χ3v) is 5.30. The predicted octanol–water partition coefficient (Wildman–Crippen LogP) is 3.89. The molecule has 0 amide bonds. The summed E-state index contributed by atoms with van der Waals surface area (Å²) < 4.78 is 0. The van der Waals surface area contributed by atoms with Gasteiger partial charge in [0.2, 0.25) is 0 Å². The van der Waals surface area contributed by atoms with Crippen molar-refractivity contribution in [3.8, 4) is 0 Å². The van der Waals surface area contributed by atoms with Crippen LogP contribution in [0.3, 0.4) is 0 Å². The molecule has 2 atom stereocenters.